The molecule has 9 heteroatoms. The maximum atomic E-state index is 13.1. The maximum absolute atomic E-state index is 13.1. The lowest BCUT2D eigenvalue weighted by Gasteiger charge is -2.12. The third kappa shape index (κ3) is 5.59. The monoisotopic (exact) mass is 492 g/mol. The molecule has 4 aromatic rings. The maximum Gasteiger partial charge on any atom is 0.262 e. The molecule has 0 bridgehead atoms. The molecule has 0 aliphatic carbocycles. The number of benzene rings is 4. The zero-order chi connectivity index (χ0) is 25.0. The number of carbonyl (C=O) groups excluding carboxylic acids is 1. The Morgan fingerprint density at radius 2 is 1.60 bits per heavy atom. The van der Waals surface area contributed by atoms with Gasteiger partial charge in [0.05, 0.1) is 17.7 Å². The Morgan fingerprint density at radius 3 is 2.29 bits per heavy atom. The fraction of sp³-hybridized carbons (Fsp3) is 0.0385. The summed E-state index contributed by atoms with van der Waals surface area (Å²) in [6.45, 7) is 0. The molecular formula is C26H21FN2O5S. The predicted molar refractivity (Wildman–Crippen MR) is 132 cm³/mol. The number of hydrogen-bond donors (Lipinski definition) is 3. The first-order valence-electron chi connectivity index (χ1n) is 10.4. The molecule has 0 fully saturated rings. The van der Waals surface area contributed by atoms with Gasteiger partial charge >= 0.3 is 0 Å². The number of hydrogen-bond acceptors (Lipinski definition) is 5. The number of nitrogens with one attached hydrogen (secondary N) is 2. The summed E-state index contributed by atoms with van der Waals surface area (Å²) in [5.41, 5.74) is 2.36. The number of rotatable bonds is 7. The van der Waals surface area contributed by atoms with Crippen LogP contribution < -0.4 is 14.8 Å². The van der Waals surface area contributed by atoms with Gasteiger partial charge in [0, 0.05) is 11.3 Å². The van der Waals surface area contributed by atoms with E-state index in [9.17, 15) is 22.7 Å². The third-order valence-corrected chi connectivity index (χ3v) is 6.55. The van der Waals surface area contributed by atoms with Crippen molar-refractivity contribution < 1.29 is 27.4 Å². The van der Waals surface area contributed by atoms with Crippen molar-refractivity contribution in [2.24, 2.45) is 0 Å². The summed E-state index contributed by atoms with van der Waals surface area (Å²) in [6.07, 6.45) is 0. The number of anilines is 2. The molecule has 1 amide bonds. The van der Waals surface area contributed by atoms with Crippen molar-refractivity contribution in [3.8, 4) is 22.6 Å². The van der Waals surface area contributed by atoms with Crippen molar-refractivity contribution in [1.82, 2.24) is 0 Å². The van der Waals surface area contributed by atoms with Crippen LogP contribution in [0.2, 0.25) is 0 Å². The van der Waals surface area contributed by atoms with Crippen LogP contribution in [0.5, 0.6) is 11.5 Å². The highest BCUT2D eigenvalue weighted by atomic mass is 32.2. The highest BCUT2D eigenvalue weighted by molar-refractivity contribution is 7.92. The van der Waals surface area contributed by atoms with Gasteiger partial charge in [-0.2, -0.15) is 0 Å². The van der Waals surface area contributed by atoms with E-state index in [0.29, 0.717) is 5.56 Å². The molecule has 4 rings (SSSR count). The van der Waals surface area contributed by atoms with Crippen molar-refractivity contribution in [2.75, 3.05) is 17.1 Å². The fourth-order valence-corrected chi connectivity index (χ4v) is 4.40. The van der Waals surface area contributed by atoms with Crippen LogP contribution in [0.15, 0.2) is 95.9 Å². The van der Waals surface area contributed by atoms with Crippen LogP contribution in [0.1, 0.15) is 10.4 Å². The fourth-order valence-electron chi connectivity index (χ4n) is 3.33. The first kappa shape index (κ1) is 23.8. The van der Waals surface area contributed by atoms with Crippen molar-refractivity contribution >= 4 is 27.3 Å². The SMILES string of the molecule is COc1cccc(-c2ccc(C(=O)Nc3ccc(O)c(NS(=O)(=O)c4ccc(F)cc4)c3)cc2)c1. The van der Waals surface area contributed by atoms with Crippen LogP contribution in [-0.4, -0.2) is 26.5 Å². The minimum Gasteiger partial charge on any atom is -0.506 e. The number of aromatic hydroxyl groups is 1. The summed E-state index contributed by atoms with van der Waals surface area (Å²) >= 11 is 0. The van der Waals surface area contributed by atoms with Gasteiger partial charge in [-0.25, -0.2) is 12.8 Å². The Bertz CT molecular complexity index is 1470. The summed E-state index contributed by atoms with van der Waals surface area (Å²) in [5.74, 6) is -0.605. The van der Waals surface area contributed by atoms with Crippen LogP contribution in [0.3, 0.4) is 0 Å². The standard InChI is InChI=1S/C26H21FN2O5S/c1-34-22-4-2-3-19(15-22)17-5-7-18(8-6-17)26(31)28-21-11-14-25(30)24(16-21)29-35(32,33)23-12-9-20(27)10-13-23/h2-16,29-30H,1H3,(H,28,31). The van der Waals surface area contributed by atoms with E-state index in [0.717, 1.165) is 41.1 Å². The number of halogens is 1. The molecule has 0 aliphatic rings. The summed E-state index contributed by atoms with van der Waals surface area (Å²) in [4.78, 5) is 12.6. The van der Waals surface area contributed by atoms with Gasteiger partial charge < -0.3 is 15.2 Å². The van der Waals surface area contributed by atoms with E-state index in [1.807, 2.05) is 36.4 Å². The summed E-state index contributed by atoms with van der Waals surface area (Å²) in [5, 5.41) is 12.8. The number of methoxy groups -OCH3 is 1. The van der Waals surface area contributed by atoms with Gasteiger partial charge in [-0.05, 0) is 77.9 Å². The molecule has 0 radical (unpaired) electrons. The van der Waals surface area contributed by atoms with E-state index in [2.05, 4.69) is 10.0 Å². The molecule has 0 aliphatic heterocycles. The van der Waals surface area contributed by atoms with Gasteiger partial charge in [-0.1, -0.05) is 24.3 Å². The predicted octanol–water partition coefficient (Wildman–Crippen LogP) is 5.26. The topological polar surface area (TPSA) is 105 Å². The molecule has 0 spiro atoms. The third-order valence-electron chi connectivity index (χ3n) is 5.17. The van der Waals surface area contributed by atoms with Gasteiger partial charge in [0.15, 0.2) is 0 Å². The highest BCUT2D eigenvalue weighted by Gasteiger charge is 2.17. The number of phenolic OH excluding ortho intramolecular Hbond substituents is 1. The lowest BCUT2D eigenvalue weighted by atomic mass is 10.0. The Morgan fingerprint density at radius 1 is 0.886 bits per heavy atom. The second kappa shape index (κ2) is 9.86. The van der Waals surface area contributed by atoms with Gasteiger partial charge in [0.2, 0.25) is 0 Å². The molecule has 0 unspecified atom stereocenters. The molecule has 0 saturated carbocycles. The number of sulfonamides is 1. The lowest BCUT2D eigenvalue weighted by Crippen LogP contribution is -2.14. The molecule has 178 valence electrons. The average molecular weight is 493 g/mol. The normalized spacial score (nSPS) is 11.0. The molecule has 0 atom stereocenters. The van der Waals surface area contributed by atoms with Crippen LogP contribution in [0.25, 0.3) is 11.1 Å². The van der Waals surface area contributed by atoms with E-state index in [-0.39, 0.29) is 22.0 Å². The van der Waals surface area contributed by atoms with Crippen molar-refractivity contribution in [3.05, 3.63) is 102 Å². The minimum atomic E-state index is -4.08. The summed E-state index contributed by atoms with van der Waals surface area (Å²) < 4.78 is 45.7. The molecule has 4 aromatic carbocycles. The molecule has 7 nitrogen and oxygen atoms in total. The molecule has 35 heavy (non-hydrogen) atoms. The van der Waals surface area contributed by atoms with Crippen LogP contribution in [0, 0.1) is 5.82 Å². The smallest absolute Gasteiger partial charge is 0.262 e. The van der Waals surface area contributed by atoms with Crippen LogP contribution in [-0.2, 0) is 10.0 Å². The van der Waals surface area contributed by atoms with Crippen molar-refractivity contribution in [2.45, 2.75) is 4.90 Å². The number of ether oxygens (including phenoxy) is 1. The largest absolute Gasteiger partial charge is 0.506 e. The van der Waals surface area contributed by atoms with E-state index in [1.54, 1.807) is 19.2 Å². The van der Waals surface area contributed by atoms with E-state index >= 15 is 0 Å². The summed E-state index contributed by atoms with van der Waals surface area (Å²) in [6, 6.07) is 22.7. The van der Waals surface area contributed by atoms with E-state index in [1.165, 1.54) is 18.2 Å². The van der Waals surface area contributed by atoms with Crippen molar-refractivity contribution in [3.63, 3.8) is 0 Å². The zero-order valence-corrected chi connectivity index (χ0v) is 19.3. The Kier molecular flexibility index (Phi) is 6.70. The molecule has 0 saturated heterocycles. The number of carbonyl (C=O) groups is 1. The van der Waals surface area contributed by atoms with Crippen molar-refractivity contribution in [1.29, 1.82) is 0 Å². The van der Waals surface area contributed by atoms with Crippen LogP contribution in [0.4, 0.5) is 15.8 Å². The number of amides is 1. The molecular weight excluding hydrogens is 471 g/mol. The lowest BCUT2D eigenvalue weighted by molar-refractivity contribution is 0.102. The van der Waals surface area contributed by atoms with E-state index in [4.69, 9.17) is 4.74 Å². The quantitative estimate of drug-likeness (QED) is 0.241. The molecule has 0 aromatic heterocycles. The molecule has 3 N–H and O–H groups in total. The first-order chi connectivity index (χ1) is 16.7. The van der Waals surface area contributed by atoms with E-state index < -0.39 is 21.7 Å². The number of phenols is 1. The Hall–Kier alpha value is -4.37. The van der Waals surface area contributed by atoms with Crippen LogP contribution >= 0.6 is 0 Å². The van der Waals surface area contributed by atoms with Gasteiger partial charge in [0.1, 0.15) is 17.3 Å². The minimum absolute atomic E-state index is 0.138. The van der Waals surface area contributed by atoms with Gasteiger partial charge in [0.25, 0.3) is 15.9 Å². The zero-order valence-electron chi connectivity index (χ0n) is 18.5. The average Bonchev–Trinajstić information content (AvgIpc) is 2.86. The summed E-state index contributed by atoms with van der Waals surface area (Å²) in [7, 11) is -2.49. The molecule has 0 heterocycles. The highest BCUT2D eigenvalue weighted by Crippen LogP contribution is 2.30. The first-order valence-corrected chi connectivity index (χ1v) is 11.9. The second-order valence-corrected chi connectivity index (χ2v) is 9.24. The Balaban J connectivity index is 1.50. The Labute approximate surface area is 201 Å². The van der Waals surface area contributed by atoms with Gasteiger partial charge in [-0.15, -0.1) is 0 Å². The van der Waals surface area contributed by atoms with Gasteiger partial charge in [-0.3, -0.25) is 9.52 Å². The second-order valence-electron chi connectivity index (χ2n) is 7.55.